The number of nitrogen functional groups attached to an aromatic ring is 1. The zero-order valence-corrected chi connectivity index (χ0v) is 14.7. The summed E-state index contributed by atoms with van der Waals surface area (Å²) in [5.41, 5.74) is 7.21. The monoisotopic (exact) mass is 367 g/mol. The number of carbonyl (C=O) groups is 2. The fraction of sp³-hybridized carbons (Fsp3) is 0.316. The largest absolute Gasteiger partial charge is 0.481 e. The van der Waals surface area contributed by atoms with E-state index in [1.165, 1.54) is 12.4 Å². The number of carbonyl (C=O) groups excluding carboxylic acids is 1. The van der Waals surface area contributed by atoms with Gasteiger partial charge in [0.15, 0.2) is 11.6 Å². The highest BCUT2D eigenvalue weighted by Gasteiger charge is 2.29. The SMILES string of the molecule is N=C(N)c1ccc(-c2ncc(C(=O)C3CC(CC(=O)O)CCN3)cn2)cc1. The molecule has 2 unspecified atom stereocenters. The third-order valence-electron chi connectivity index (χ3n) is 4.68. The minimum absolute atomic E-state index is 0.00215. The van der Waals surface area contributed by atoms with Crippen molar-refractivity contribution >= 4 is 17.6 Å². The van der Waals surface area contributed by atoms with Gasteiger partial charge >= 0.3 is 5.97 Å². The van der Waals surface area contributed by atoms with Crippen molar-refractivity contribution in [2.45, 2.75) is 25.3 Å². The summed E-state index contributed by atoms with van der Waals surface area (Å²) < 4.78 is 0. The first-order valence-electron chi connectivity index (χ1n) is 8.70. The van der Waals surface area contributed by atoms with Gasteiger partial charge in [0.1, 0.15) is 5.84 Å². The predicted molar refractivity (Wildman–Crippen MR) is 99.6 cm³/mol. The van der Waals surface area contributed by atoms with Crippen LogP contribution < -0.4 is 11.1 Å². The van der Waals surface area contributed by atoms with Gasteiger partial charge in [-0.15, -0.1) is 0 Å². The normalized spacial score (nSPS) is 19.4. The summed E-state index contributed by atoms with van der Waals surface area (Å²) in [6.07, 6.45) is 4.32. The van der Waals surface area contributed by atoms with Crippen molar-refractivity contribution in [3.05, 3.63) is 47.8 Å². The van der Waals surface area contributed by atoms with Crippen LogP contribution in [-0.4, -0.2) is 45.2 Å². The number of aromatic nitrogens is 2. The van der Waals surface area contributed by atoms with Crippen LogP contribution in [0.4, 0.5) is 0 Å². The smallest absolute Gasteiger partial charge is 0.303 e. The van der Waals surface area contributed by atoms with Crippen molar-refractivity contribution in [2.75, 3.05) is 6.54 Å². The Balaban J connectivity index is 1.70. The molecule has 1 fully saturated rings. The highest BCUT2D eigenvalue weighted by molar-refractivity contribution is 6.00. The first-order chi connectivity index (χ1) is 12.9. The molecule has 1 aliphatic rings. The lowest BCUT2D eigenvalue weighted by molar-refractivity contribution is -0.138. The van der Waals surface area contributed by atoms with E-state index in [4.69, 9.17) is 16.2 Å². The van der Waals surface area contributed by atoms with Crippen molar-refractivity contribution < 1.29 is 14.7 Å². The van der Waals surface area contributed by atoms with Crippen LogP contribution in [0.2, 0.25) is 0 Å². The molecule has 8 heteroatoms. The molecule has 1 aliphatic heterocycles. The van der Waals surface area contributed by atoms with Gasteiger partial charge in [0.05, 0.1) is 11.6 Å². The van der Waals surface area contributed by atoms with Crippen LogP contribution in [0.15, 0.2) is 36.7 Å². The summed E-state index contributed by atoms with van der Waals surface area (Å²) in [5.74, 6) is -0.496. The Kier molecular flexibility index (Phi) is 5.56. The molecule has 0 bridgehead atoms. The molecular formula is C19H21N5O3. The molecule has 0 amide bonds. The maximum atomic E-state index is 12.7. The molecule has 140 valence electrons. The predicted octanol–water partition coefficient (Wildman–Crippen LogP) is 1.45. The number of carboxylic acids is 1. The summed E-state index contributed by atoms with van der Waals surface area (Å²) >= 11 is 0. The number of amidine groups is 1. The second-order valence-corrected chi connectivity index (χ2v) is 6.65. The summed E-state index contributed by atoms with van der Waals surface area (Å²) in [6, 6.07) is 6.57. The zero-order chi connectivity index (χ0) is 19.4. The van der Waals surface area contributed by atoms with E-state index in [2.05, 4.69) is 15.3 Å². The van der Waals surface area contributed by atoms with Gasteiger partial charge in [-0.25, -0.2) is 9.97 Å². The van der Waals surface area contributed by atoms with Gasteiger partial charge < -0.3 is 16.2 Å². The molecule has 0 radical (unpaired) electrons. The molecule has 0 aliphatic carbocycles. The topological polar surface area (TPSA) is 142 Å². The first kappa shape index (κ1) is 18.7. The molecule has 5 N–H and O–H groups in total. The highest BCUT2D eigenvalue weighted by atomic mass is 16.4. The lowest BCUT2D eigenvalue weighted by Gasteiger charge is -2.28. The van der Waals surface area contributed by atoms with Crippen LogP contribution in [0.5, 0.6) is 0 Å². The van der Waals surface area contributed by atoms with Crippen molar-refractivity contribution in [1.82, 2.24) is 15.3 Å². The lowest BCUT2D eigenvalue weighted by atomic mass is 9.87. The van der Waals surface area contributed by atoms with E-state index in [1.54, 1.807) is 24.3 Å². The number of benzene rings is 1. The number of Topliss-reactive ketones (excluding diaryl/α,β-unsaturated/α-hetero) is 1. The molecule has 3 rings (SSSR count). The number of nitrogens with zero attached hydrogens (tertiary/aromatic N) is 2. The minimum atomic E-state index is -0.837. The highest BCUT2D eigenvalue weighted by Crippen LogP contribution is 2.22. The van der Waals surface area contributed by atoms with Crippen LogP contribution in [-0.2, 0) is 4.79 Å². The molecule has 0 saturated carbocycles. The zero-order valence-electron chi connectivity index (χ0n) is 14.7. The van der Waals surface area contributed by atoms with Crippen molar-refractivity contribution in [1.29, 1.82) is 5.41 Å². The number of ketones is 1. The molecule has 27 heavy (non-hydrogen) atoms. The number of rotatable bonds is 6. The van der Waals surface area contributed by atoms with E-state index in [0.717, 1.165) is 12.0 Å². The summed E-state index contributed by atoms with van der Waals surface area (Å²) in [6.45, 7) is 0.621. The van der Waals surface area contributed by atoms with Crippen LogP contribution in [0, 0.1) is 11.3 Å². The average molecular weight is 367 g/mol. The number of carboxylic acid groups (broad SMARTS) is 1. The van der Waals surface area contributed by atoms with E-state index in [0.29, 0.717) is 29.9 Å². The summed E-state index contributed by atoms with van der Waals surface area (Å²) in [7, 11) is 0. The van der Waals surface area contributed by atoms with Gasteiger partial charge in [0, 0.05) is 29.9 Å². The second-order valence-electron chi connectivity index (χ2n) is 6.65. The third-order valence-corrected chi connectivity index (χ3v) is 4.68. The molecule has 1 aromatic carbocycles. The van der Waals surface area contributed by atoms with Crippen LogP contribution >= 0.6 is 0 Å². The number of piperidine rings is 1. The van der Waals surface area contributed by atoms with Crippen molar-refractivity contribution in [2.24, 2.45) is 11.7 Å². The average Bonchev–Trinajstić information content (AvgIpc) is 2.67. The molecular weight excluding hydrogens is 346 g/mol. The van der Waals surface area contributed by atoms with Crippen molar-refractivity contribution in [3.8, 4) is 11.4 Å². The van der Waals surface area contributed by atoms with Gasteiger partial charge in [0.25, 0.3) is 0 Å². The lowest BCUT2D eigenvalue weighted by Crippen LogP contribution is -2.44. The van der Waals surface area contributed by atoms with Crippen LogP contribution in [0.3, 0.4) is 0 Å². The quantitative estimate of drug-likeness (QED) is 0.344. The van der Waals surface area contributed by atoms with Gasteiger partial charge in [-0.2, -0.15) is 0 Å². The first-order valence-corrected chi connectivity index (χ1v) is 8.70. The Bertz CT molecular complexity index is 849. The fourth-order valence-electron chi connectivity index (χ4n) is 3.23. The van der Waals surface area contributed by atoms with Gasteiger partial charge in [0.2, 0.25) is 0 Å². The van der Waals surface area contributed by atoms with E-state index < -0.39 is 12.0 Å². The summed E-state index contributed by atoms with van der Waals surface area (Å²) in [4.78, 5) is 32.1. The Labute approximate surface area is 156 Å². The van der Waals surface area contributed by atoms with Gasteiger partial charge in [-0.05, 0) is 25.3 Å². The molecule has 2 heterocycles. The standard InChI is InChI=1S/C19H21N5O3/c20-18(21)12-1-3-13(4-2-12)19-23-9-14(10-24-19)17(27)15-7-11(5-6-22-15)8-16(25)26/h1-4,9-11,15,22H,5-8H2,(H3,20,21)(H,25,26). The van der Waals surface area contributed by atoms with E-state index in [1.807, 2.05) is 0 Å². The molecule has 8 nitrogen and oxygen atoms in total. The third kappa shape index (κ3) is 4.53. The Hall–Kier alpha value is -3.13. The number of aliphatic carboxylic acids is 1. The molecule has 0 spiro atoms. The van der Waals surface area contributed by atoms with Crippen molar-refractivity contribution in [3.63, 3.8) is 0 Å². The maximum absolute atomic E-state index is 12.7. The van der Waals surface area contributed by atoms with E-state index in [-0.39, 0.29) is 24.0 Å². The van der Waals surface area contributed by atoms with Gasteiger partial charge in [-0.1, -0.05) is 24.3 Å². The Morgan fingerprint density at radius 3 is 2.44 bits per heavy atom. The fourth-order valence-corrected chi connectivity index (χ4v) is 3.23. The maximum Gasteiger partial charge on any atom is 0.303 e. The number of nitrogens with one attached hydrogen (secondary N) is 2. The van der Waals surface area contributed by atoms with E-state index in [9.17, 15) is 9.59 Å². The van der Waals surface area contributed by atoms with Gasteiger partial charge in [-0.3, -0.25) is 15.0 Å². The molecule has 2 atom stereocenters. The number of hydrogen-bond donors (Lipinski definition) is 4. The number of hydrogen-bond acceptors (Lipinski definition) is 6. The van der Waals surface area contributed by atoms with Crippen LogP contribution in [0.25, 0.3) is 11.4 Å². The second kappa shape index (κ2) is 8.05. The number of nitrogens with two attached hydrogens (primary N) is 1. The Morgan fingerprint density at radius 2 is 1.85 bits per heavy atom. The molecule has 1 aromatic heterocycles. The molecule has 1 saturated heterocycles. The van der Waals surface area contributed by atoms with E-state index >= 15 is 0 Å². The van der Waals surface area contributed by atoms with Crippen LogP contribution in [0.1, 0.15) is 35.2 Å². The Morgan fingerprint density at radius 1 is 1.19 bits per heavy atom. The molecule has 2 aromatic rings. The minimum Gasteiger partial charge on any atom is -0.481 e. The summed E-state index contributed by atoms with van der Waals surface area (Å²) in [5, 5.41) is 19.5.